The van der Waals surface area contributed by atoms with Gasteiger partial charge in [-0.05, 0) is 39.7 Å². The van der Waals surface area contributed by atoms with Crippen molar-refractivity contribution in [3.05, 3.63) is 36.0 Å². The summed E-state index contributed by atoms with van der Waals surface area (Å²) < 4.78 is 0. The molecule has 0 spiro atoms. The second kappa shape index (κ2) is 7.11. The number of anilines is 2. The molecule has 0 aliphatic carbocycles. The van der Waals surface area contributed by atoms with Crippen LogP contribution in [0, 0.1) is 6.92 Å². The Morgan fingerprint density at radius 1 is 1.21 bits per heavy atom. The molecule has 6 nitrogen and oxygen atoms in total. The number of hydrogen-bond acceptors (Lipinski definition) is 6. The Balaban J connectivity index is 1.72. The number of rotatable bonds is 4. The molecule has 1 fully saturated rings. The Morgan fingerprint density at radius 3 is 2.58 bits per heavy atom. The van der Waals surface area contributed by atoms with Crippen molar-refractivity contribution < 1.29 is 0 Å². The lowest BCUT2D eigenvalue weighted by atomic mass is 9.93. The van der Waals surface area contributed by atoms with E-state index in [2.05, 4.69) is 44.7 Å². The Morgan fingerprint density at radius 2 is 1.96 bits per heavy atom. The SMILES string of the molecule is Cc1cc(N2CCC(c3ccncn3)CC2)nc(N(C)C(C)C)n1. The normalized spacial score (nSPS) is 15.8. The zero-order chi connectivity index (χ0) is 17.1. The molecule has 0 unspecified atom stereocenters. The maximum absolute atomic E-state index is 4.79. The van der Waals surface area contributed by atoms with Crippen LogP contribution in [0.15, 0.2) is 24.7 Å². The van der Waals surface area contributed by atoms with Gasteiger partial charge < -0.3 is 9.80 Å². The van der Waals surface area contributed by atoms with Crippen molar-refractivity contribution in [2.24, 2.45) is 0 Å². The van der Waals surface area contributed by atoms with E-state index in [1.807, 2.05) is 26.2 Å². The van der Waals surface area contributed by atoms with Crippen LogP contribution in [0.3, 0.4) is 0 Å². The summed E-state index contributed by atoms with van der Waals surface area (Å²) in [6.45, 7) is 8.33. The van der Waals surface area contributed by atoms with Gasteiger partial charge in [-0.1, -0.05) is 0 Å². The van der Waals surface area contributed by atoms with Crippen LogP contribution in [0.1, 0.15) is 44.0 Å². The number of piperidine rings is 1. The van der Waals surface area contributed by atoms with Crippen LogP contribution in [-0.2, 0) is 0 Å². The summed E-state index contributed by atoms with van der Waals surface area (Å²) in [7, 11) is 2.05. The lowest BCUT2D eigenvalue weighted by Crippen LogP contribution is -2.35. The molecule has 0 radical (unpaired) electrons. The molecule has 3 heterocycles. The lowest BCUT2D eigenvalue weighted by molar-refractivity contribution is 0.492. The zero-order valence-corrected chi connectivity index (χ0v) is 15.0. The van der Waals surface area contributed by atoms with Crippen molar-refractivity contribution in [2.75, 3.05) is 29.9 Å². The van der Waals surface area contributed by atoms with E-state index >= 15 is 0 Å². The minimum atomic E-state index is 0.378. The summed E-state index contributed by atoms with van der Waals surface area (Å²) in [5.41, 5.74) is 2.17. The molecule has 0 saturated carbocycles. The van der Waals surface area contributed by atoms with Gasteiger partial charge in [-0.15, -0.1) is 0 Å². The van der Waals surface area contributed by atoms with Crippen molar-refractivity contribution in [2.45, 2.75) is 45.6 Å². The fourth-order valence-electron chi connectivity index (χ4n) is 3.03. The molecule has 0 N–H and O–H groups in total. The first-order chi connectivity index (χ1) is 11.5. The molecular formula is C18H26N6. The molecule has 0 aromatic carbocycles. The van der Waals surface area contributed by atoms with Crippen molar-refractivity contribution in [3.8, 4) is 0 Å². The van der Waals surface area contributed by atoms with Crippen LogP contribution in [0.25, 0.3) is 0 Å². The zero-order valence-electron chi connectivity index (χ0n) is 15.0. The summed E-state index contributed by atoms with van der Waals surface area (Å²) >= 11 is 0. The Kier molecular flexibility index (Phi) is 4.92. The first kappa shape index (κ1) is 16.6. The van der Waals surface area contributed by atoms with E-state index in [4.69, 9.17) is 4.98 Å². The first-order valence-electron chi connectivity index (χ1n) is 8.64. The maximum Gasteiger partial charge on any atom is 0.227 e. The predicted molar refractivity (Wildman–Crippen MR) is 96.5 cm³/mol. The van der Waals surface area contributed by atoms with Crippen molar-refractivity contribution in [1.82, 2.24) is 19.9 Å². The van der Waals surface area contributed by atoms with Gasteiger partial charge in [0.05, 0.1) is 0 Å². The van der Waals surface area contributed by atoms with E-state index in [1.165, 1.54) is 0 Å². The van der Waals surface area contributed by atoms with Gasteiger partial charge in [0.25, 0.3) is 0 Å². The summed E-state index contributed by atoms with van der Waals surface area (Å²) in [5, 5.41) is 0. The minimum Gasteiger partial charge on any atom is -0.356 e. The quantitative estimate of drug-likeness (QED) is 0.861. The number of nitrogens with zero attached hydrogens (tertiary/aromatic N) is 6. The average Bonchev–Trinajstić information content (AvgIpc) is 2.61. The maximum atomic E-state index is 4.79. The molecule has 128 valence electrons. The fourth-order valence-corrected chi connectivity index (χ4v) is 3.03. The molecular weight excluding hydrogens is 300 g/mol. The highest BCUT2D eigenvalue weighted by atomic mass is 15.3. The fraction of sp³-hybridized carbons (Fsp3) is 0.556. The molecule has 1 aliphatic rings. The largest absolute Gasteiger partial charge is 0.356 e. The van der Waals surface area contributed by atoms with E-state index < -0.39 is 0 Å². The van der Waals surface area contributed by atoms with Crippen LogP contribution < -0.4 is 9.80 Å². The monoisotopic (exact) mass is 326 g/mol. The van der Waals surface area contributed by atoms with Crippen LogP contribution >= 0.6 is 0 Å². The summed E-state index contributed by atoms with van der Waals surface area (Å²) in [5.74, 6) is 2.36. The van der Waals surface area contributed by atoms with Crippen LogP contribution in [0.4, 0.5) is 11.8 Å². The van der Waals surface area contributed by atoms with Crippen molar-refractivity contribution in [1.29, 1.82) is 0 Å². The van der Waals surface area contributed by atoms with Gasteiger partial charge in [-0.2, -0.15) is 4.98 Å². The third kappa shape index (κ3) is 3.63. The Hall–Kier alpha value is -2.24. The van der Waals surface area contributed by atoms with E-state index in [0.29, 0.717) is 12.0 Å². The third-order valence-electron chi connectivity index (χ3n) is 4.76. The smallest absolute Gasteiger partial charge is 0.227 e. The highest BCUT2D eigenvalue weighted by Crippen LogP contribution is 2.29. The molecule has 2 aromatic heterocycles. The summed E-state index contributed by atoms with van der Waals surface area (Å²) in [6, 6.07) is 4.50. The van der Waals surface area contributed by atoms with Gasteiger partial charge in [-0.25, -0.2) is 15.0 Å². The molecule has 0 atom stereocenters. The highest BCUT2D eigenvalue weighted by molar-refractivity contribution is 5.46. The topological polar surface area (TPSA) is 58.0 Å². The van der Waals surface area contributed by atoms with E-state index in [-0.39, 0.29) is 0 Å². The van der Waals surface area contributed by atoms with Crippen LogP contribution in [-0.4, -0.2) is 46.1 Å². The van der Waals surface area contributed by atoms with Gasteiger partial charge in [0, 0.05) is 55.7 Å². The van der Waals surface area contributed by atoms with Crippen molar-refractivity contribution in [3.63, 3.8) is 0 Å². The molecule has 2 aromatic rings. The van der Waals surface area contributed by atoms with Crippen molar-refractivity contribution >= 4 is 11.8 Å². The first-order valence-corrected chi connectivity index (χ1v) is 8.64. The summed E-state index contributed by atoms with van der Waals surface area (Å²) in [6.07, 6.45) is 5.66. The second-order valence-electron chi connectivity index (χ2n) is 6.77. The second-order valence-corrected chi connectivity index (χ2v) is 6.77. The molecule has 1 aliphatic heterocycles. The van der Waals surface area contributed by atoms with E-state index in [9.17, 15) is 0 Å². The van der Waals surface area contributed by atoms with Gasteiger partial charge in [0.15, 0.2) is 0 Å². The highest BCUT2D eigenvalue weighted by Gasteiger charge is 2.23. The predicted octanol–water partition coefficient (Wildman–Crippen LogP) is 2.80. The molecule has 3 rings (SSSR count). The van der Waals surface area contributed by atoms with E-state index in [1.54, 1.807) is 6.33 Å². The Bertz CT molecular complexity index is 664. The molecule has 0 amide bonds. The van der Waals surface area contributed by atoms with Gasteiger partial charge in [-0.3, -0.25) is 0 Å². The van der Waals surface area contributed by atoms with Gasteiger partial charge >= 0.3 is 0 Å². The third-order valence-corrected chi connectivity index (χ3v) is 4.76. The van der Waals surface area contributed by atoms with Crippen LogP contribution in [0.2, 0.25) is 0 Å². The summed E-state index contributed by atoms with van der Waals surface area (Å²) in [4.78, 5) is 22.3. The molecule has 1 saturated heterocycles. The lowest BCUT2D eigenvalue weighted by Gasteiger charge is -2.33. The van der Waals surface area contributed by atoms with E-state index in [0.717, 1.165) is 49.1 Å². The molecule has 0 bridgehead atoms. The number of hydrogen-bond donors (Lipinski definition) is 0. The number of aryl methyl sites for hydroxylation is 1. The van der Waals surface area contributed by atoms with Crippen LogP contribution in [0.5, 0.6) is 0 Å². The molecule has 6 heteroatoms. The molecule has 24 heavy (non-hydrogen) atoms. The Labute approximate surface area is 144 Å². The van der Waals surface area contributed by atoms with Gasteiger partial charge in [0.1, 0.15) is 12.1 Å². The average molecular weight is 326 g/mol. The number of aromatic nitrogens is 4. The minimum absolute atomic E-state index is 0.378. The standard InChI is InChI=1S/C18H26N6/c1-13(2)23(4)18-21-14(3)11-17(22-18)24-9-6-15(7-10-24)16-5-8-19-12-20-16/h5,8,11-13,15H,6-7,9-10H2,1-4H3. The van der Waals surface area contributed by atoms with Gasteiger partial charge in [0.2, 0.25) is 5.95 Å².